The molecule has 0 aromatic heterocycles. The van der Waals surface area contributed by atoms with E-state index in [9.17, 15) is 12.9 Å². The summed E-state index contributed by atoms with van der Waals surface area (Å²) < 4.78 is 37.1. The van der Waals surface area contributed by atoms with Crippen LogP contribution in [0, 0.1) is 11.3 Å². The summed E-state index contributed by atoms with van der Waals surface area (Å²) in [5, 5.41) is 0. The van der Waals surface area contributed by atoms with Gasteiger partial charge in [0.25, 0.3) is 0 Å². The summed E-state index contributed by atoms with van der Waals surface area (Å²) in [5.41, 5.74) is -0.147. The molecule has 1 aliphatic carbocycles. The van der Waals surface area contributed by atoms with Crippen molar-refractivity contribution in [2.45, 2.75) is 40.0 Å². The quantitative estimate of drug-likeness (QED) is 0.607. The topological polar surface area (TPSA) is 0 Å². The maximum atomic E-state index is 12.4. The Morgan fingerprint density at radius 3 is 2.07 bits per heavy atom. The molecule has 1 rings (SSSR count). The molecule has 15 heavy (non-hydrogen) atoms. The smallest absolute Gasteiger partial charge is 0.445 e. The van der Waals surface area contributed by atoms with Crippen LogP contribution in [0.3, 0.4) is 0 Å². The van der Waals surface area contributed by atoms with E-state index in [1.807, 2.05) is 0 Å². The zero-order chi connectivity index (χ0) is 11.0. The minimum atomic E-state index is -4.73. The van der Waals surface area contributed by atoms with Crippen LogP contribution in [0.1, 0.15) is 40.0 Å². The van der Waals surface area contributed by atoms with Crippen LogP contribution in [0.15, 0.2) is 11.5 Å². The van der Waals surface area contributed by atoms with Gasteiger partial charge in [0.1, 0.15) is 0 Å². The van der Waals surface area contributed by atoms with Crippen LogP contribution in [0.4, 0.5) is 12.9 Å². The fourth-order valence-electron chi connectivity index (χ4n) is 1.94. The molecule has 0 fully saturated rings. The van der Waals surface area contributed by atoms with Gasteiger partial charge in [0.05, 0.1) is 0 Å². The van der Waals surface area contributed by atoms with Crippen molar-refractivity contribution in [1.29, 1.82) is 0 Å². The fraction of sp³-hybridized carbons (Fsp3) is 0.800. The zero-order valence-corrected chi connectivity index (χ0v) is 13.1. The Morgan fingerprint density at radius 1 is 1.27 bits per heavy atom. The molecule has 1 aliphatic rings. The van der Waals surface area contributed by atoms with Gasteiger partial charge in [-0.05, 0) is 24.2 Å². The van der Waals surface area contributed by atoms with Gasteiger partial charge in [-0.1, -0.05) is 27.2 Å². The second-order valence-electron chi connectivity index (χ2n) is 5.19. The fourth-order valence-corrected chi connectivity index (χ4v) is 1.94. The SMILES string of the molecule is CC(C)(C)C1CC=C([B-](F)(F)F)CC1.[K+]. The van der Waals surface area contributed by atoms with Crippen molar-refractivity contribution in [2.75, 3.05) is 0 Å². The number of hydrogen-bond acceptors (Lipinski definition) is 0. The first-order valence-corrected chi connectivity index (χ1v) is 5.10. The van der Waals surface area contributed by atoms with Gasteiger partial charge in [0.15, 0.2) is 0 Å². The summed E-state index contributed by atoms with van der Waals surface area (Å²) in [6.07, 6.45) is 2.88. The van der Waals surface area contributed by atoms with Crippen molar-refractivity contribution in [3.05, 3.63) is 11.5 Å². The van der Waals surface area contributed by atoms with Gasteiger partial charge in [0, 0.05) is 0 Å². The van der Waals surface area contributed by atoms with Crippen molar-refractivity contribution >= 4 is 6.98 Å². The third kappa shape index (κ3) is 4.94. The molecular weight excluding hydrogens is 227 g/mol. The second kappa shape index (κ2) is 5.72. The van der Waals surface area contributed by atoms with Gasteiger partial charge in [-0.2, -0.15) is 0 Å². The Balaban J connectivity index is 0.00000196. The molecule has 82 valence electrons. The molecule has 0 aromatic rings. The Hall–Kier alpha value is 1.23. The van der Waals surface area contributed by atoms with Crippen LogP contribution in [0.2, 0.25) is 0 Å². The van der Waals surface area contributed by atoms with Crippen LogP contribution in [0.25, 0.3) is 0 Å². The van der Waals surface area contributed by atoms with Crippen LogP contribution < -0.4 is 51.4 Å². The Labute approximate surface area is 133 Å². The molecule has 0 radical (unpaired) electrons. The molecular formula is C10H17BF3K. The first kappa shape index (κ1) is 16.2. The molecule has 0 bridgehead atoms. The van der Waals surface area contributed by atoms with Gasteiger partial charge in [-0.15, -0.1) is 11.5 Å². The zero-order valence-electron chi connectivity index (χ0n) is 9.99. The van der Waals surface area contributed by atoms with Crippen LogP contribution in [-0.4, -0.2) is 6.98 Å². The summed E-state index contributed by atoms with van der Waals surface area (Å²) >= 11 is 0. The molecule has 0 spiro atoms. The first-order valence-electron chi connectivity index (χ1n) is 5.10. The van der Waals surface area contributed by atoms with Crippen LogP contribution in [-0.2, 0) is 0 Å². The molecule has 0 nitrogen and oxygen atoms in total. The molecule has 0 aromatic carbocycles. The Bertz CT molecular complexity index is 240. The van der Waals surface area contributed by atoms with Crippen molar-refractivity contribution in [2.24, 2.45) is 11.3 Å². The molecule has 1 atom stereocenters. The molecule has 1 unspecified atom stereocenters. The van der Waals surface area contributed by atoms with Gasteiger partial charge >= 0.3 is 58.4 Å². The Kier molecular flexibility index (Phi) is 6.19. The molecule has 0 aliphatic heterocycles. The van der Waals surface area contributed by atoms with E-state index in [-0.39, 0.29) is 68.7 Å². The van der Waals surface area contributed by atoms with E-state index in [0.29, 0.717) is 18.8 Å². The first-order chi connectivity index (χ1) is 6.21. The molecule has 0 N–H and O–H groups in total. The van der Waals surface area contributed by atoms with Gasteiger partial charge < -0.3 is 12.9 Å². The standard InChI is InChI=1S/C10H17BF3.K/c1-10(2,3)8-4-6-9(7-5-8)11(12,13)14;/h6,8H,4-5,7H2,1-3H3;/q-1;+1. The van der Waals surface area contributed by atoms with Crippen molar-refractivity contribution in [3.8, 4) is 0 Å². The van der Waals surface area contributed by atoms with Crippen molar-refractivity contribution in [1.82, 2.24) is 0 Å². The minimum absolute atomic E-state index is 0. The number of hydrogen-bond donors (Lipinski definition) is 0. The predicted molar refractivity (Wildman–Crippen MR) is 54.0 cm³/mol. The van der Waals surface area contributed by atoms with Crippen molar-refractivity contribution in [3.63, 3.8) is 0 Å². The third-order valence-electron chi connectivity index (χ3n) is 3.09. The van der Waals surface area contributed by atoms with E-state index in [0.717, 1.165) is 0 Å². The maximum Gasteiger partial charge on any atom is 1.00 e. The summed E-state index contributed by atoms with van der Waals surface area (Å²) in [7, 11) is 0. The van der Waals surface area contributed by atoms with E-state index >= 15 is 0 Å². The minimum Gasteiger partial charge on any atom is -0.445 e. The van der Waals surface area contributed by atoms with Gasteiger partial charge in [-0.25, -0.2) is 0 Å². The average molecular weight is 244 g/mol. The normalized spacial score (nSPS) is 23.1. The second-order valence-corrected chi connectivity index (χ2v) is 5.19. The van der Waals surface area contributed by atoms with Gasteiger partial charge in [0.2, 0.25) is 0 Å². The summed E-state index contributed by atoms with van der Waals surface area (Å²) in [6.45, 7) is 1.55. The average Bonchev–Trinajstić information content (AvgIpc) is 2.01. The summed E-state index contributed by atoms with van der Waals surface area (Å²) in [5.74, 6) is 0.393. The van der Waals surface area contributed by atoms with Crippen LogP contribution in [0.5, 0.6) is 0 Å². The van der Waals surface area contributed by atoms with Crippen LogP contribution >= 0.6 is 0 Å². The van der Waals surface area contributed by atoms with E-state index in [1.165, 1.54) is 6.08 Å². The molecule has 0 amide bonds. The largest absolute Gasteiger partial charge is 1.00 e. The third-order valence-corrected chi connectivity index (χ3v) is 3.09. The van der Waals surface area contributed by atoms with E-state index in [2.05, 4.69) is 20.8 Å². The number of rotatable bonds is 1. The molecule has 0 saturated heterocycles. The molecule has 0 heterocycles. The van der Waals surface area contributed by atoms with Crippen molar-refractivity contribution < 1.29 is 64.3 Å². The summed E-state index contributed by atoms with van der Waals surface area (Å²) in [4.78, 5) is 0. The van der Waals surface area contributed by atoms with Gasteiger partial charge in [-0.3, -0.25) is 0 Å². The monoisotopic (exact) mass is 244 g/mol. The summed E-state index contributed by atoms with van der Waals surface area (Å²) in [6, 6.07) is 0. The van der Waals surface area contributed by atoms with E-state index in [4.69, 9.17) is 0 Å². The maximum absolute atomic E-state index is 12.4. The number of halogens is 3. The Morgan fingerprint density at radius 2 is 1.80 bits per heavy atom. The van der Waals surface area contributed by atoms with E-state index < -0.39 is 6.98 Å². The molecule has 5 heteroatoms. The number of allylic oxidation sites excluding steroid dienone is 2. The van der Waals surface area contributed by atoms with E-state index in [1.54, 1.807) is 0 Å². The molecule has 0 saturated carbocycles. The predicted octanol–water partition coefficient (Wildman–Crippen LogP) is 1.15.